The van der Waals surface area contributed by atoms with Crippen LogP contribution in [0.4, 0.5) is 4.79 Å². The Morgan fingerprint density at radius 3 is 2.48 bits per heavy atom. The Bertz CT molecular complexity index is 1240. The lowest BCUT2D eigenvalue weighted by molar-refractivity contribution is -0.139. The number of nitrogens with zero attached hydrogens (tertiary/aromatic N) is 1. The van der Waals surface area contributed by atoms with Crippen molar-refractivity contribution in [3.8, 4) is 5.75 Å². The summed E-state index contributed by atoms with van der Waals surface area (Å²) < 4.78 is 16.6. The van der Waals surface area contributed by atoms with Gasteiger partial charge in [-0.1, -0.05) is 18.2 Å². The molecule has 0 unspecified atom stereocenters. The van der Waals surface area contributed by atoms with E-state index >= 15 is 0 Å². The molecule has 1 saturated heterocycles. The third-order valence-corrected chi connectivity index (χ3v) is 5.35. The van der Waals surface area contributed by atoms with Gasteiger partial charge in [0.05, 0.1) is 5.39 Å². The van der Waals surface area contributed by atoms with Gasteiger partial charge in [0.25, 0.3) is 0 Å². The number of ether oxygens (including phenoxy) is 2. The van der Waals surface area contributed by atoms with Crippen molar-refractivity contribution in [2.45, 2.75) is 52.2 Å². The fourth-order valence-electron chi connectivity index (χ4n) is 3.90. The van der Waals surface area contributed by atoms with Crippen LogP contribution in [0.5, 0.6) is 5.75 Å². The average molecular weight is 423 g/mol. The van der Waals surface area contributed by atoms with Crippen LogP contribution in [0.15, 0.2) is 45.6 Å². The molecule has 0 N–H and O–H groups in total. The summed E-state index contributed by atoms with van der Waals surface area (Å²) in [6.07, 6.45) is 0.667. The number of esters is 1. The first-order valence-corrected chi connectivity index (χ1v) is 10.3. The van der Waals surface area contributed by atoms with Gasteiger partial charge < -0.3 is 13.9 Å². The third kappa shape index (κ3) is 4.00. The highest BCUT2D eigenvalue weighted by Gasteiger charge is 2.38. The van der Waals surface area contributed by atoms with Gasteiger partial charge in [0.15, 0.2) is 0 Å². The largest absolute Gasteiger partial charge is 0.444 e. The number of rotatable bonds is 2. The second-order valence-electron chi connectivity index (χ2n) is 8.75. The molecule has 1 fully saturated rings. The second-order valence-corrected chi connectivity index (χ2v) is 8.75. The van der Waals surface area contributed by atoms with E-state index in [1.54, 1.807) is 52.0 Å². The number of amides is 1. The maximum Gasteiger partial charge on any atom is 0.411 e. The van der Waals surface area contributed by atoms with Crippen LogP contribution >= 0.6 is 0 Å². The Balaban J connectivity index is 1.63. The van der Waals surface area contributed by atoms with E-state index in [2.05, 4.69) is 0 Å². The minimum Gasteiger partial charge on any atom is -0.444 e. The molecular weight excluding hydrogens is 398 g/mol. The summed E-state index contributed by atoms with van der Waals surface area (Å²) >= 11 is 0. The van der Waals surface area contributed by atoms with Crippen molar-refractivity contribution in [3.63, 3.8) is 0 Å². The van der Waals surface area contributed by atoms with Crippen molar-refractivity contribution in [2.24, 2.45) is 0 Å². The number of aryl methyl sites for hydroxylation is 1. The topological polar surface area (TPSA) is 86.1 Å². The molecule has 7 nitrogen and oxygen atoms in total. The second kappa shape index (κ2) is 7.72. The number of hydrogen-bond acceptors (Lipinski definition) is 6. The van der Waals surface area contributed by atoms with Crippen LogP contribution in [-0.2, 0) is 9.53 Å². The zero-order chi connectivity index (χ0) is 22.3. The van der Waals surface area contributed by atoms with E-state index in [4.69, 9.17) is 13.9 Å². The SMILES string of the molecule is Cc1c(OC(=O)[C@@H]2CCCN2C(=O)OC(C)(C)C)ccc2c1oc(=O)c1ccccc12. The molecule has 2 aromatic carbocycles. The summed E-state index contributed by atoms with van der Waals surface area (Å²) in [5.41, 5.74) is -0.162. The Morgan fingerprint density at radius 2 is 1.77 bits per heavy atom. The maximum absolute atomic E-state index is 12.9. The van der Waals surface area contributed by atoms with Crippen molar-refractivity contribution in [3.05, 3.63) is 52.4 Å². The Labute approximate surface area is 179 Å². The van der Waals surface area contributed by atoms with Gasteiger partial charge in [-0.05, 0) is 64.1 Å². The summed E-state index contributed by atoms with van der Waals surface area (Å²) in [7, 11) is 0. The first-order chi connectivity index (χ1) is 14.7. The van der Waals surface area contributed by atoms with Gasteiger partial charge in [-0.25, -0.2) is 14.4 Å². The van der Waals surface area contributed by atoms with Crippen LogP contribution in [-0.4, -0.2) is 35.2 Å². The predicted molar refractivity (Wildman–Crippen MR) is 116 cm³/mol. The highest BCUT2D eigenvalue weighted by atomic mass is 16.6. The maximum atomic E-state index is 12.9. The van der Waals surface area contributed by atoms with Crippen molar-refractivity contribution in [1.82, 2.24) is 4.90 Å². The molecule has 1 aliphatic heterocycles. The third-order valence-electron chi connectivity index (χ3n) is 5.35. The molecule has 2 heterocycles. The zero-order valence-electron chi connectivity index (χ0n) is 18.1. The lowest BCUT2D eigenvalue weighted by Gasteiger charge is -2.27. The van der Waals surface area contributed by atoms with Crippen molar-refractivity contribution >= 4 is 33.8 Å². The molecule has 1 atom stereocenters. The summed E-state index contributed by atoms with van der Waals surface area (Å²) in [6, 6.07) is 9.97. The first-order valence-electron chi connectivity index (χ1n) is 10.3. The van der Waals surface area contributed by atoms with Crippen LogP contribution < -0.4 is 10.4 Å². The highest BCUT2D eigenvalue weighted by molar-refractivity contribution is 6.05. The van der Waals surface area contributed by atoms with Crippen molar-refractivity contribution in [2.75, 3.05) is 6.54 Å². The first kappa shape index (κ1) is 20.9. The Hall–Kier alpha value is -3.35. The van der Waals surface area contributed by atoms with E-state index < -0.39 is 29.3 Å². The van der Waals surface area contributed by atoms with E-state index in [-0.39, 0.29) is 0 Å². The van der Waals surface area contributed by atoms with Gasteiger partial charge in [0.1, 0.15) is 23.0 Å². The minimum atomic E-state index is -0.714. The van der Waals surface area contributed by atoms with E-state index in [9.17, 15) is 14.4 Å². The minimum absolute atomic E-state index is 0.298. The number of likely N-dealkylation sites (tertiary alicyclic amines) is 1. The fourth-order valence-corrected chi connectivity index (χ4v) is 3.90. The standard InChI is InChI=1S/C24H25NO6/c1-14-19(12-11-16-15-8-5-6-9-17(15)21(26)30-20(14)16)29-22(27)18-10-7-13-25(18)23(28)31-24(2,3)4/h5-6,8-9,11-12,18H,7,10,13H2,1-4H3/t18-/m0/s1. The van der Waals surface area contributed by atoms with Crippen LogP contribution in [0.2, 0.25) is 0 Å². The Morgan fingerprint density at radius 1 is 1.06 bits per heavy atom. The predicted octanol–water partition coefficient (Wildman–Crippen LogP) is 4.56. The normalized spacial score (nSPS) is 16.6. The molecule has 3 aromatic rings. The number of carbonyl (C=O) groups is 2. The molecule has 0 bridgehead atoms. The number of hydrogen-bond donors (Lipinski definition) is 0. The van der Waals surface area contributed by atoms with E-state index in [0.29, 0.717) is 41.7 Å². The van der Waals surface area contributed by atoms with Gasteiger partial charge in [-0.2, -0.15) is 0 Å². The molecule has 162 valence electrons. The molecular formula is C24H25NO6. The lowest BCUT2D eigenvalue weighted by Crippen LogP contribution is -2.44. The number of fused-ring (bicyclic) bond motifs is 3. The van der Waals surface area contributed by atoms with E-state index in [1.165, 1.54) is 4.90 Å². The monoisotopic (exact) mass is 423 g/mol. The summed E-state index contributed by atoms with van der Waals surface area (Å²) in [5.74, 6) is -0.235. The van der Waals surface area contributed by atoms with Gasteiger partial charge >= 0.3 is 17.7 Å². The smallest absolute Gasteiger partial charge is 0.411 e. The van der Waals surface area contributed by atoms with Gasteiger partial charge in [-0.15, -0.1) is 0 Å². The molecule has 1 amide bonds. The average Bonchev–Trinajstić information content (AvgIpc) is 3.20. The molecule has 0 aliphatic carbocycles. The molecule has 0 spiro atoms. The molecule has 1 aromatic heterocycles. The van der Waals surface area contributed by atoms with Gasteiger partial charge in [0.2, 0.25) is 0 Å². The van der Waals surface area contributed by atoms with Crippen LogP contribution in [0.1, 0.15) is 39.2 Å². The molecule has 1 aliphatic rings. The summed E-state index contributed by atoms with van der Waals surface area (Å²) in [5, 5.41) is 2.04. The quantitative estimate of drug-likeness (QED) is 0.260. The van der Waals surface area contributed by atoms with Gasteiger partial charge in [-0.3, -0.25) is 4.90 Å². The van der Waals surface area contributed by atoms with E-state index in [0.717, 1.165) is 10.8 Å². The van der Waals surface area contributed by atoms with Gasteiger partial charge in [0, 0.05) is 17.5 Å². The van der Waals surface area contributed by atoms with Crippen LogP contribution in [0.3, 0.4) is 0 Å². The van der Waals surface area contributed by atoms with Crippen molar-refractivity contribution < 1.29 is 23.5 Å². The fraction of sp³-hybridized carbons (Fsp3) is 0.375. The molecule has 7 heteroatoms. The highest BCUT2D eigenvalue weighted by Crippen LogP contribution is 2.32. The van der Waals surface area contributed by atoms with Crippen molar-refractivity contribution in [1.29, 1.82) is 0 Å². The zero-order valence-corrected chi connectivity index (χ0v) is 18.1. The van der Waals surface area contributed by atoms with Crippen LogP contribution in [0, 0.1) is 6.92 Å². The molecule has 4 rings (SSSR count). The molecule has 31 heavy (non-hydrogen) atoms. The Kier molecular flexibility index (Phi) is 5.21. The van der Waals surface area contributed by atoms with Crippen LogP contribution in [0.25, 0.3) is 21.7 Å². The molecule has 0 radical (unpaired) electrons. The lowest BCUT2D eigenvalue weighted by atomic mass is 10.0. The van der Waals surface area contributed by atoms with E-state index in [1.807, 2.05) is 12.1 Å². The number of benzene rings is 2. The summed E-state index contributed by atoms with van der Waals surface area (Å²) in [4.78, 5) is 39.2. The molecule has 0 saturated carbocycles. The number of carbonyl (C=O) groups excluding carboxylic acids is 2. The summed E-state index contributed by atoms with van der Waals surface area (Å²) in [6.45, 7) is 7.52.